The number of aromatic nitrogens is 3. The lowest BCUT2D eigenvalue weighted by molar-refractivity contribution is -0.135. The molecule has 3 aliphatic heterocycles. The number of aryl methyl sites for hydroxylation is 2. The molecule has 0 saturated carbocycles. The summed E-state index contributed by atoms with van der Waals surface area (Å²) < 4.78 is 2.34. The maximum absolute atomic E-state index is 12.7. The Hall–Kier alpha value is -1.43. The molecule has 0 spiro atoms. The first kappa shape index (κ1) is 26.2. The largest absolute Gasteiger partial charge is 0.356 e. The molecule has 2 saturated heterocycles. The predicted molar refractivity (Wildman–Crippen MR) is 141 cm³/mol. The van der Waals surface area contributed by atoms with E-state index in [-0.39, 0.29) is 30.0 Å². The van der Waals surface area contributed by atoms with Crippen molar-refractivity contribution in [1.82, 2.24) is 34.8 Å². The van der Waals surface area contributed by atoms with Gasteiger partial charge in [-0.2, -0.15) is 0 Å². The number of aliphatic imine (C=N–C) groups is 1. The summed E-state index contributed by atoms with van der Waals surface area (Å²) in [5.74, 6) is 3.55. The summed E-state index contributed by atoms with van der Waals surface area (Å²) in [5, 5.41) is 12.4. The Labute approximate surface area is 215 Å². The van der Waals surface area contributed by atoms with Crippen LogP contribution in [0.1, 0.15) is 57.1 Å². The Bertz CT molecular complexity index is 783. The quantitative estimate of drug-likeness (QED) is 0.242. The summed E-state index contributed by atoms with van der Waals surface area (Å²) in [6, 6.07) is -0.0245. The van der Waals surface area contributed by atoms with E-state index in [0.29, 0.717) is 5.91 Å². The molecule has 1 amide bonds. The third-order valence-corrected chi connectivity index (χ3v) is 7.19. The van der Waals surface area contributed by atoms with Crippen molar-refractivity contribution in [3.63, 3.8) is 0 Å². The van der Waals surface area contributed by atoms with Gasteiger partial charge in [-0.25, -0.2) is 0 Å². The summed E-state index contributed by atoms with van der Waals surface area (Å²) in [6.07, 6.45) is 9.07. The number of halogens is 1. The molecule has 1 aromatic heterocycles. The first-order chi connectivity index (χ1) is 15.7. The highest BCUT2D eigenvalue weighted by molar-refractivity contribution is 14.0. The number of amides is 1. The number of likely N-dealkylation sites (tertiary alicyclic amines) is 1. The molecule has 3 aliphatic rings. The Morgan fingerprint density at radius 1 is 0.970 bits per heavy atom. The highest BCUT2D eigenvalue weighted by atomic mass is 127. The molecule has 9 nitrogen and oxygen atoms in total. The molecule has 1 N–H and O–H groups in total. The van der Waals surface area contributed by atoms with Crippen LogP contribution in [0.2, 0.25) is 0 Å². The van der Waals surface area contributed by atoms with Gasteiger partial charge in [-0.1, -0.05) is 6.42 Å². The van der Waals surface area contributed by atoms with Crippen LogP contribution < -0.4 is 5.32 Å². The van der Waals surface area contributed by atoms with E-state index in [2.05, 4.69) is 41.8 Å². The molecule has 0 aliphatic carbocycles. The Morgan fingerprint density at radius 2 is 1.70 bits per heavy atom. The lowest BCUT2D eigenvalue weighted by Crippen LogP contribution is -2.57. The smallest absolute Gasteiger partial charge is 0.239 e. The van der Waals surface area contributed by atoms with Gasteiger partial charge in [0.15, 0.2) is 5.96 Å². The van der Waals surface area contributed by atoms with Gasteiger partial charge in [0, 0.05) is 72.2 Å². The molecule has 0 radical (unpaired) electrons. The summed E-state index contributed by atoms with van der Waals surface area (Å²) >= 11 is 0. The van der Waals surface area contributed by atoms with E-state index >= 15 is 0 Å². The zero-order valence-electron chi connectivity index (χ0n) is 20.3. The van der Waals surface area contributed by atoms with Crippen molar-refractivity contribution in [3.8, 4) is 0 Å². The van der Waals surface area contributed by atoms with Crippen LogP contribution in [0.25, 0.3) is 0 Å². The standard InChI is InChI=1S/C23H40N8O.HI/c1-19(22(32)29-12-6-7-13-29)28-15-17-30(18-16-28)23(24-2)25-11-8-10-21-27-26-20-9-4-3-5-14-31(20)21;/h19H,3-18H2,1-2H3,(H,24,25);1H. The second kappa shape index (κ2) is 12.9. The predicted octanol–water partition coefficient (Wildman–Crippen LogP) is 1.76. The number of hydrogen-bond donors (Lipinski definition) is 1. The molecule has 2 fully saturated rings. The number of carbonyl (C=O) groups is 1. The summed E-state index contributed by atoms with van der Waals surface area (Å²) in [6.45, 7) is 9.45. The molecule has 1 unspecified atom stereocenters. The van der Waals surface area contributed by atoms with E-state index < -0.39 is 0 Å². The zero-order chi connectivity index (χ0) is 22.3. The fourth-order valence-electron chi connectivity index (χ4n) is 5.19. The molecule has 4 rings (SSSR count). The van der Waals surface area contributed by atoms with Crippen LogP contribution in [0, 0.1) is 0 Å². The minimum Gasteiger partial charge on any atom is -0.356 e. The fraction of sp³-hybridized carbons (Fsp3) is 0.826. The lowest BCUT2D eigenvalue weighted by atomic mass is 10.2. The van der Waals surface area contributed by atoms with Crippen LogP contribution in [0.4, 0.5) is 0 Å². The molecule has 1 atom stereocenters. The third-order valence-electron chi connectivity index (χ3n) is 7.19. The zero-order valence-corrected chi connectivity index (χ0v) is 22.7. The second-order valence-electron chi connectivity index (χ2n) is 9.30. The van der Waals surface area contributed by atoms with Gasteiger partial charge in [0.05, 0.1) is 6.04 Å². The number of nitrogens with one attached hydrogen (secondary N) is 1. The minimum atomic E-state index is -0.0245. The van der Waals surface area contributed by atoms with Crippen LogP contribution in [-0.2, 0) is 24.2 Å². The highest BCUT2D eigenvalue weighted by Gasteiger charge is 2.30. The van der Waals surface area contributed by atoms with Crippen LogP contribution in [0.3, 0.4) is 0 Å². The number of hydrogen-bond acceptors (Lipinski definition) is 5. The van der Waals surface area contributed by atoms with Gasteiger partial charge in [0.1, 0.15) is 11.6 Å². The van der Waals surface area contributed by atoms with Gasteiger partial charge >= 0.3 is 0 Å². The highest BCUT2D eigenvalue weighted by Crippen LogP contribution is 2.16. The minimum absolute atomic E-state index is 0. The Balaban J connectivity index is 0.00000306. The Kier molecular flexibility index (Phi) is 10.2. The van der Waals surface area contributed by atoms with Gasteiger partial charge in [-0.15, -0.1) is 34.2 Å². The van der Waals surface area contributed by atoms with E-state index in [0.717, 1.165) is 102 Å². The van der Waals surface area contributed by atoms with Crippen molar-refractivity contribution in [2.45, 2.75) is 70.9 Å². The summed E-state index contributed by atoms with van der Waals surface area (Å²) in [7, 11) is 1.85. The Morgan fingerprint density at radius 3 is 2.42 bits per heavy atom. The lowest BCUT2D eigenvalue weighted by Gasteiger charge is -2.39. The second-order valence-corrected chi connectivity index (χ2v) is 9.30. The van der Waals surface area contributed by atoms with Gasteiger partial charge < -0.3 is 19.7 Å². The average Bonchev–Trinajstić information content (AvgIpc) is 3.43. The van der Waals surface area contributed by atoms with E-state index in [4.69, 9.17) is 0 Å². The number of fused-ring (bicyclic) bond motifs is 1. The van der Waals surface area contributed by atoms with Crippen molar-refractivity contribution < 1.29 is 4.79 Å². The van der Waals surface area contributed by atoms with Gasteiger partial charge in [0.25, 0.3) is 0 Å². The number of guanidine groups is 1. The van der Waals surface area contributed by atoms with E-state index in [1.165, 1.54) is 19.3 Å². The van der Waals surface area contributed by atoms with Crippen LogP contribution in [-0.4, -0.2) is 100 Å². The summed E-state index contributed by atoms with van der Waals surface area (Å²) in [5.41, 5.74) is 0. The van der Waals surface area contributed by atoms with Crippen molar-refractivity contribution in [3.05, 3.63) is 11.6 Å². The van der Waals surface area contributed by atoms with Gasteiger partial charge in [-0.05, 0) is 39.0 Å². The molecule has 33 heavy (non-hydrogen) atoms. The fourth-order valence-corrected chi connectivity index (χ4v) is 5.19. The maximum Gasteiger partial charge on any atom is 0.239 e. The van der Waals surface area contributed by atoms with E-state index in [1.807, 2.05) is 11.9 Å². The van der Waals surface area contributed by atoms with Crippen LogP contribution in [0.15, 0.2) is 4.99 Å². The molecule has 186 valence electrons. The third kappa shape index (κ3) is 6.58. The topological polar surface area (TPSA) is 81.9 Å². The monoisotopic (exact) mass is 572 g/mol. The number of piperazine rings is 1. The SMILES string of the molecule is CN=C(NCCCc1nnc2n1CCCCC2)N1CCN(C(C)C(=O)N2CCCC2)CC1.I. The van der Waals surface area contributed by atoms with Crippen LogP contribution in [0.5, 0.6) is 0 Å². The number of nitrogens with zero attached hydrogens (tertiary/aromatic N) is 7. The molecule has 0 aromatic carbocycles. The van der Waals surface area contributed by atoms with E-state index in [9.17, 15) is 4.79 Å². The van der Waals surface area contributed by atoms with Crippen LogP contribution >= 0.6 is 24.0 Å². The van der Waals surface area contributed by atoms with Gasteiger partial charge in [-0.3, -0.25) is 14.7 Å². The molecule has 1 aromatic rings. The molecule has 4 heterocycles. The molecule has 10 heteroatoms. The number of rotatable bonds is 6. The number of carbonyl (C=O) groups excluding carboxylic acids is 1. The van der Waals surface area contributed by atoms with Crippen molar-refractivity contribution in [2.75, 3.05) is 52.9 Å². The normalized spacial score (nSPS) is 20.7. The maximum atomic E-state index is 12.7. The van der Waals surface area contributed by atoms with E-state index in [1.54, 1.807) is 0 Å². The molecule has 0 bridgehead atoms. The average molecular weight is 573 g/mol. The molecular formula is C23H41IN8O. The summed E-state index contributed by atoms with van der Waals surface area (Å²) in [4.78, 5) is 23.9. The van der Waals surface area contributed by atoms with Gasteiger partial charge in [0.2, 0.25) is 5.91 Å². The first-order valence-electron chi connectivity index (χ1n) is 12.6. The molecular weight excluding hydrogens is 531 g/mol. The van der Waals surface area contributed by atoms with Crippen molar-refractivity contribution in [1.29, 1.82) is 0 Å². The van der Waals surface area contributed by atoms with Crippen molar-refractivity contribution >= 4 is 35.8 Å². The first-order valence-corrected chi connectivity index (χ1v) is 12.6. The van der Waals surface area contributed by atoms with Crippen molar-refractivity contribution in [2.24, 2.45) is 4.99 Å².